The van der Waals surface area contributed by atoms with Crippen LogP contribution in [0.1, 0.15) is 106 Å². The fraction of sp³-hybridized carbons (Fsp3) is 0.769. The molecule has 1 fully saturated rings. The largest absolute Gasteiger partial charge is 0.498 e. The Morgan fingerprint density at radius 3 is 1.77 bits per heavy atom. The normalized spacial score (nSPS) is 23.9. The Labute approximate surface area is 185 Å². The van der Waals surface area contributed by atoms with Gasteiger partial charge in [-0.3, -0.25) is 0 Å². The second-order valence-electron chi connectivity index (χ2n) is 13.0. The molecule has 4 heteroatoms. The van der Waals surface area contributed by atoms with Crippen molar-refractivity contribution >= 4 is 12.6 Å². The monoisotopic (exact) mass is 414 g/mol. The molecule has 1 saturated heterocycles. The van der Waals surface area contributed by atoms with E-state index < -0.39 is 7.12 Å². The Balaban J connectivity index is 2.31. The summed E-state index contributed by atoms with van der Waals surface area (Å²) >= 11 is 0. The Morgan fingerprint density at radius 1 is 0.867 bits per heavy atom. The van der Waals surface area contributed by atoms with Crippen molar-refractivity contribution in [2.24, 2.45) is 5.41 Å². The molecular weight excluding hydrogens is 371 g/mol. The van der Waals surface area contributed by atoms with E-state index in [2.05, 4.69) is 82.2 Å². The molecule has 1 aliphatic carbocycles. The number of hydrogen-bond donors (Lipinski definition) is 0. The van der Waals surface area contributed by atoms with Crippen LogP contribution in [0.2, 0.25) is 0 Å². The van der Waals surface area contributed by atoms with E-state index in [-0.39, 0.29) is 27.4 Å². The molecule has 0 N–H and O–H groups in total. The molecule has 3 rings (SSSR count). The van der Waals surface area contributed by atoms with Crippen molar-refractivity contribution in [3.63, 3.8) is 0 Å². The summed E-state index contributed by atoms with van der Waals surface area (Å²) in [6.07, 6.45) is 3.35. The fourth-order valence-electron chi connectivity index (χ4n) is 5.11. The molecule has 0 aromatic heterocycles. The highest BCUT2D eigenvalue weighted by Gasteiger charge is 2.54. The Kier molecular flexibility index (Phi) is 5.52. The van der Waals surface area contributed by atoms with Crippen molar-refractivity contribution in [1.29, 1.82) is 0 Å². The van der Waals surface area contributed by atoms with Gasteiger partial charge in [0.05, 0.1) is 18.3 Å². The number of ether oxygens (including phenoxy) is 1. The lowest BCUT2D eigenvalue weighted by Crippen LogP contribution is -2.42. The van der Waals surface area contributed by atoms with Crippen LogP contribution in [0.5, 0.6) is 5.75 Å². The van der Waals surface area contributed by atoms with Crippen LogP contribution in [0.3, 0.4) is 0 Å². The second-order valence-corrected chi connectivity index (χ2v) is 13.0. The van der Waals surface area contributed by atoms with Crippen LogP contribution >= 0.6 is 0 Å². The van der Waals surface area contributed by atoms with Crippen LogP contribution in [0.15, 0.2) is 6.07 Å². The SMILES string of the molecule is COc1c(B2OC(C)(C)C(C)(C)O2)cc(CC(C)(C)C)c2c1C(C)(C)CCC2(C)C. The summed E-state index contributed by atoms with van der Waals surface area (Å²) < 4.78 is 19.1. The van der Waals surface area contributed by atoms with Crippen LogP contribution < -0.4 is 10.2 Å². The van der Waals surface area contributed by atoms with Gasteiger partial charge in [0.15, 0.2) is 0 Å². The van der Waals surface area contributed by atoms with E-state index in [1.165, 1.54) is 23.1 Å². The topological polar surface area (TPSA) is 27.7 Å². The first-order chi connectivity index (χ1) is 13.4. The van der Waals surface area contributed by atoms with Crippen molar-refractivity contribution < 1.29 is 14.0 Å². The van der Waals surface area contributed by atoms with Crippen molar-refractivity contribution in [2.45, 2.75) is 117 Å². The summed E-state index contributed by atoms with van der Waals surface area (Å²) in [5.74, 6) is 0.957. The van der Waals surface area contributed by atoms with Crippen molar-refractivity contribution in [1.82, 2.24) is 0 Å². The summed E-state index contributed by atoms with van der Waals surface area (Å²) in [6, 6.07) is 2.33. The molecule has 0 saturated carbocycles. The first kappa shape index (κ1) is 23.7. The van der Waals surface area contributed by atoms with Crippen LogP contribution in [-0.4, -0.2) is 25.4 Å². The molecule has 0 spiro atoms. The van der Waals surface area contributed by atoms with E-state index in [0.717, 1.165) is 24.1 Å². The third-order valence-electron chi connectivity index (χ3n) is 7.55. The van der Waals surface area contributed by atoms with Gasteiger partial charge in [0.2, 0.25) is 0 Å². The van der Waals surface area contributed by atoms with Gasteiger partial charge in [-0.15, -0.1) is 0 Å². The maximum Gasteiger partial charge on any atom is 0.498 e. The predicted octanol–water partition coefficient (Wildman–Crippen LogP) is 5.93. The van der Waals surface area contributed by atoms with Crippen LogP contribution in [0, 0.1) is 5.41 Å². The lowest BCUT2D eigenvalue weighted by atomic mass is 9.58. The zero-order valence-electron chi connectivity index (χ0n) is 21.5. The number of methoxy groups -OCH3 is 1. The lowest BCUT2D eigenvalue weighted by molar-refractivity contribution is 0.00578. The molecular formula is C26H43BO3. The Hall–Kier alpha value is -0.995. The van der Waals surface area contributed by atoms with E-state index >= 15 is 0 Å². The minimum absolute atomic E-state index is 0.0441. The van der Waals surface area contributed by atoms with E-state index in [9.17, 15) is 0 Å². The first-order valence-corrected chi connectivity index (χ1v) is 11.5. The lowest BCUT2D eigenvalue weighted by Gasteiger charge is -2.45. The predicted molar refractivity (Wildman–Crippen MR) is 127 cm³/mol. The first-order valence-electron chi connectivity index (χ1n) is 11.5. The average molecular weight is 414 g/mol. The van der Waals surface area contributed by atoms with Gasteiger partial charge in [-0.2, -0.15) is 0 Å². The summed E-state index contributed by atoms with van der Waals surface area (Å²) in [4.78, 5) is 0. The van der Waals surface area contributed by atoms with Crippen molar-refractivity contribution in [3.05, 3.63) is 22.8 Å². The molecule has 168 valence electrons. The van der Waals surface area contributed by atoms with Gasteiger partial charge in [-0.25, -0.2) is 0 Å². The molecule has 1 aliphatic heterocycles. The fourth-order valence-corrected chi connectivity index (χ4v) is 5.11. The molecule has 0 radical (unpaired) electrons. The Morgan fingerprint density at radius 2 is 1.33 bits per heavy atom. The van der Waals surface area contributed by atoms with Gasteiger partial charge in [0.25, 0.3) is 0 Å². The molecule has 0 atom stereocenters. The maximum atomic E-state index is 6.49. The van der Waals surface area contributed by atoms with Gasteiger partial charge in [0.1, 0.15) is 5.75 Å². The minimum atomic E-state index is -0.421. The highest BCUT2D eigenvalue weighted by Crippen LogP contribution is 2.51. The second kappa shape index (κ2) is 7.00. The smallest absolute Gasteiger partial charge is 0.497 e. The Bertz CT molecular complexity index is 812. The molecule has 0 amide bonds. The maximum absolute atomic E-state index is 6.49. The van der Waals surface area contributed by atoms with Gasteiger partial charge >= 0.3 is 7.12 Å². The van der Waals surface area contributed by atoms with Gasteiger partial charge in [-0.05, 0) is 74.3 Å². The van der Waals surface area contributed by atoms with Crippen LogP contribution in [0.25, 0.3) is 0 Å². The van der Waals surface area contributed by atoms with Crippen LogP contribution in [-0.2, 0) is 26.6 Å². The quantitative estimate of drug-likeness (QED) is 0.574. The zero-order valence-corrected chi connectivity index (χ0v) is 21.5. The highest BCUT2D eigenvalue weighted by atomic mass is 16.7. The highest BCUT2D eigenvalue weighted by molar-refractivity contribution is 6.63. The molecule has 1 heterocycles. The van der Waals surface area contributed by atoms with E-state index in [1.807, 2.05) is 0 Å². The molecule has 0 bridgehead atoms. The molecule has 3 nitrogen and oxygen atoms in total. The van der Waals surface area contributed by atoms with Crippen molar-refractivity contribution in [3.8, 4) is 5.75 Å². The minimum Gasteiger partial charge on any atom is -0.497 e. The van der Waals surface area contributed by atoms with Gasteiger partial charge in [-0.1, -0.05) is 54.5 Å². The van der Waals surface area contributed by atoms with Gasteiger partial charge in [0, 0.05) is 11.0 Å². The molecule has 0 unspecified atom stereocenters. The summed E-state index contributed by atoms with van der Waals surface area (Å²) in [5.41, 5.74) is 4.89. The summed E-state index contributed by atoms with van der Waals surface area (Å²) in [5, 5.41) is 0. The average Bonchev–Trinajstić information content (AvgIpc) is 2.77. The number of benzene rings is 1. The number of hydrogen-bond acceptors (Lipinski definition) is 3. The third kappa shape index (κ3) is 3.95. The molecule has 1 aromatic carbocycles. The van der Waals surface area contributed by atoms with Crippen LogP contribution in [0.4, 0.5) is 0 Å². The zero-order chi connectivity index (χ0) is 22.9. The number of rotatable bonds is 3. The van der Waals surface area contributed by atoms with E-state index in [1.54, 1.807) is 7.11 Å². The molecule has 1 aromatic rings. The standard InChI is InChI=1S/C26H43BO3/c1-22(2,3)16-17-15-18(27-29-25(8,9)26(10,11)30-27)21(28-12)20-19(17)23(4,5)13-14-24(20,6)7/h15H,13-14,16H2,1-12H3. The van der Waals surface area contributed by atoms with E-state index in [4.69, 9.17) is 14.0 Å². The van der Waals surface area contributed by atoms with Gasteiger partial charge < -0.3 is 14.0 Å². The summed E-state index contributed by atoms with van der Waals surface area (Å²) in [7, 11) is 1.38. The van der Waals surface area contributed by atoms with E-state index in [0.29, 0.717) is 0 Å². The third-order valence-corrected chi connectivity index (χ3v) is 7.55. The molecule has 30 heavy (non-hydrogen) atoms. The number of fused-ring (bicyclic) bond motifs is 1. The molecule has 2 aliphatic rings. The van der Waals surface area contributed by atoms with Crippen molar-refractivity contribution in [2.75, 3.05) is 7.11 Å². The summed E-state index contributed by atoms with van der Waals surface area (Å²) in [6.45, 7) is 24.9.